The Hall–Kier alpha value is -3.13. The van der Waals surface area contributed by atoms with Crippen molar-refractivity contribution in [1.29, 1.82) is 0 Å². The molecular formula is C20H22N6O2. The molecule has 144 valence electrons. The molecule has 0 aliphatic carbocycles. The molecule has 28 heavy (non-hydrogen) atoms. The van der Waals surface area contributed by atoms with E-state index >= 15 is 0 Å². The third kappa shape index (κ3) is 2.77. The van der Waals surface area contributed by atoms with Crippen LogP contribution in [0.15, 0.2) is 18.3 Å². The molecule has 0 unspecified atom stereocenters. The van der Waals surface area contributed by atoms with Crippen molar-refractivity contribution >= 4 is 35.0 Å². The van der Waals surface area contributed by atoms with Crippen LogP contribution in [-0.4, -0.2) is 54.0 Å². The lowest BCUT2D eigenvalue weighted by molar-refractivity contribution is -0.110. The van der Waals surface area contributed by atoms with Gasteiger partial charge >= 0.3 is 0 Å². The largest absolute Gasteiger partial charge is 0.358 e. The van der Waals surface area contributed by atoms with E-state index in [-0.39, 0.29) is 11.8 Å². The van der Waals surface area contributed by atoms with Gasteiger partial charge < -0.3 is 25.8 Å². The maximum atomic E-state index is 12.6. The average Bonchev–Trinajstić information content (AvgIpc) is 3.16. The number of anilines is 2. The Morgan fingerprint density at radius 1 is 1.14 bits per heavy atom. The molecule has 0 aromatic carbocycles. The van der Waals surface area contributed by atoms with Crippen molar-refractivity contribution < 1.29 is 9.59 Å². The van der Waals surface area contributed by atoms with Crippen molar-refractivity contribution in [2.24, 2.45) is 0 Å². The Morgan fingerprint density at radius 2 is 2.04 bits per heavy atom. The molecule has 0 radical (unpaired) electrons. The Balaban J connectivity index is 1.63. The molecular weight excluding hydrogens is 356 g/mol. The van der Waals surface area contributed by atoms with E-state index in [1.54, 1.807) is 12.3 Å². The van der Waals surface area contributed by atoms with E-state index in [1.165, 1.54) is 0 Å². The Morgan fingerprint density at radius 3 is 2.86 bits per heavy atom. The number of carbonyl (C=O) groups is 2. The molecule has 3 aliphatic heterocycles. The summed E-state index contributed by atoms with van der Waals surface area (Å²) < 4.78 is 0. The summed E-state index contributed by atoms with van der Waals surface area (Å²) in [4.78, 5) is 35.3. The first-order chi connectivity index (χ1) is 13.6. The van der Waals surface area contributed by atoms with Crippen LogP contribution in [0.2, 0.25) is 0 Å². The molecule has 3 aliphatic rings. The average molecular weight is 378 g/mol. The zero-order chi connectivity index (χ0) is 19.3. The number of hydrogen-bond donors (Lipinski definition) is 4. The molecule has 8 heteroatoms. The SMILES string of the molecule is Cc1cc2c([nH]1)/C=C1\C(=O)Nc3cnc(cc31)N1CC[C@@H]1CNCCNC2=O. The van der Waals surface area contributed by atoms with E-state index in [2.05, 4.69) is 30.8 Å². The number of nitrogens with one attached hydrogen (secondary N) is 4. The number of aromatic nitrogens is 2. The van der Waals surface area contributed by atoms with Crippen molar-refractivity contribution in [3.8, 4) is 0 Å². The minimum Gasteiger partial charge on any atom is -0.358 e. The first-order valence-corrected chi connectivity index (χ1v) is 9.59. The van der Waals surface area contributed by atoms with Crippen LogP contribution in [0.25, 0.3) is 11.6 Å². The van der Waals surface area contributed by atoms with E-state index in [0.717, 1.165) is 36.6 Å². The molecule has 1 atom stereocenters. The van der Waals surface area contributed by atoms with E-state index in [9.17, 15) is 9.59 Å². The quantitative estimate of drug-likeness (QED) is 0.550. The van der Waals surface area contributed by atoms with Crippen molar-refractivity contribution in [1.82, 2.24) is 20.6 Å². The van der Waals surface area contributed by atoms with Crippen LogP contribution in [0.4, 0.5) is 11.5 Å². The lowest BCUT2D eigenvalue weighted by atomic mass is 10.0. The number of pyridine rings is 1. The maximum Gasteiger partial charge on any atom is 0.256 e. The van der Waals surface area contributed by atoms with Gasteiger partial charge in [-0.25, -0.2) is 4.98 Å². The molecule has 2 bridgehead atoms. The normalized spacial score (nSPS) is 23.2. The number of amides is 2. The van der Waals surface area contributed by atoms with Gasteiger partial charge in [0.05, 0.1) is 28.7 Å². The zero-order valence-electron chi connectivity index (χ0n) is 15.6. The number of hydrogen-bond acceptors (Lipinski definition) is 5. The smallest absolute Gasteiger partial charge is 0.256 e. The summed E-state index contributed by atoms with van der Waals surface area (Å²) in [7, 11) is 0. The van der Waals surface area contributed by atoms with Gasteiger partial charge in [-0.3, -0.25) is 9.59 Å². The first-order valence-electron chi connectivity index (χ1n) is 9.59. The van der Waals surface area contributed by atoms with Gasteiger partial charge in [0.15, 0.2) is 0 Å². The molecule has 5 heterocycles. The van der Waals surface area contributed by atoms with Gasteiger partial charge in [0, 0.05) is 43.5 Å². The molecule has 4 N–H and O–H groups in total. The molecule has 2 amide bonds. The first kappa shape index (κ1) is 17.0. The number of carbonyl (C=O) groups excluding carboxylic acids is 2. The van der Waals surface area contributed by atoms with Crippen LogP contribution in [-0.2, 0) is 4.79 Å². The third-order valence-electron chi connectivity index (χ3n) is 5.59. The Labute approximate surface area is 162 Å². The van der Waals surface area contributed by atoms with E-state index in [1.807, 2.05) is 19.1 Å². The summed E-state index contributed by atoms with van der Waals surface area (Å²) >= 11 is 0. The van der Waals surface area contributed by atoms with Gasteiger partial charge in [-0.15, -0.1) is 0 Å². The van der Waals surface area contributed by atoms with Crippen molar-refractivity contribution in [2.75, 3.05) is 36.4 Å². The number of H-pyrrole nitrogens is 1. The fourth-order valence-corrected chi connectivity index (χ4v) is 4.02. The molecule has 8 nitrogen and oxygen atoms in total. The highest BCUT2D eigenvalue weighted by Gasteiger charge is 2.32. The topological polar surface area (TPSA) is 102 Å². The summed E-state index contributed by atoms with van der Waals surface area (Å²) in [5.41, 5.74) is 4.11. The maximum absolute atomic E-state index is 12.6. The molecule has 2 aromatic heterocycles. The van der Waals surface area contributed by atoms with E-state index in [0.29, 0.717) is 41.6 Å². The Bertz CT molecular complexity index is 1010. The van der Waals surface area contributed by atoms with Gasteiger partial charge in [0.2, 0.25) is 0 Å². The highest BCUT2D eigenvalue weighted by molar-refractivity contribution is 6.35. The van der Waals surface area contributed by atoms with Crippen molar-refractivity contribution in [3.63, 3.8) is 0 Å². The molecule has 1 fully saturated rings. The Kier molecular flexibility index (Phi) is 3.94. The second-order valence-corrected chi connectivity index (χ2v) is 7.48. The van der Waals surface area contributed by atoms with Gasteiger partial charge in [-0.05, 0) is 31.6 Å². The highest BCUT2D eigenvalue weighted by Crippen LogP contribution is 2.36. The fourth-order valence-electron chi connectivity index (χ4n) is 4.02. The van der Waals surface area contributed by atoms with Gasteiger partial charge in [-0.1, -0.05) is 0 Å². The number of aromatic amines is 1. The minimum absolute atomic E-state index is 0.146. The predicted molar refractivity (Wildman–Crippen MR) is 107 cm³/mol. The standard InChI is InChI=1S/C20H22N6O2/c1-11-6-15-16(24-11)7-14-13-8-18(23-10-17(13)25-20(14)28)26-5-2-12(26)9-21-3-4-22-19(15)27/h6-8,10,12,21,24H,2-5,9H2,1H3,(H,22,27)(H,25,28)/b14-7-/t12-/m1/s1. The second kappa shape index (κ2) is 6.49. The number of fused-ring (bicyclic) bond motifs is 4. The van der Waals surface area contributed by atoms with E-state index < -0.39 is 0 Å². The minimum atomic E-state index is -0.182. The van der Waals surface area contributed by atoms with Crippen LogP contribution >= 0.6 is 0 Å². The summed E-state index contributed by atoms with van der Waals surface area (Å²) in [6.45, 7) is 4.93. The summed E-state index contributed by atoms with van der Waals surface area (Å²) in [5, 5.41) is 9.24. The molecule has 0 saturated carbocycles. The van der Waals surface area contributed by atoms with Crippen LogP contribution in [0, 0.1) is 6.92 Å². The highest BCUT2D eigenvalue weighted by atomic mass is 16.2. The van der Waals surface area contributed by atoms with Crippen LogP contribution < -0.4 is 20.9 Å². The van der Waals surface area contributed by atoms with Crippen LogP contribution in [0.1, 0.15) is 33.7 Å². The fraction of sp³-hybridized carbons (Fsp3) is 0.350. The van der Waals surface area contributed by atoms with Crippen molar-refractivity contribution in [3.05, 3.63) is 40.8 Å². The molecule has 5 rings (SSSR count). The lowest BCUT2D eigenvalue weighted by Crippen LogP contribution is -2.53. The summed E-state index contributed by atoms with van der Waals surface area (Å²) in [6, 6.07) is 4.16. The summed E-state index contributed by atoms with van der Waals surface area (Å²) in [6.07, 6.45) is 4.58. The van der Waals surface area contributed by atoms with Gasteiger partial charge in [-0.2, -0.15) is 0 Å². The van der Waals surface area contributed by atoms with Crippen LogP contribution in [0.5, 0.6) is 0 Å². The molecule has 0 spiro atoms. The second-order valence-electron chi connectivity index (χ2n) is 7.48. The van der Waals surface area contributed by atoms with Gasteiger partial charge in [0.1, 0.15) is 5.82 Å². The number of nitrogens with zero attached hydrogens (tertiary/aromatic N) is 2. The van der Waals surface area contributed by atoms with Crippen LogP contribution in [0.3, 0.4) is 0 Å². The molecule has 1 saturated heterocycles. The molecule has 2 aromatic rings. The van der Waals surface area contributed by atoms with E-state index in [4.69, 9.17) is 0 Å². The van der Waals surface area contributed by atoms with Gasteiger partial charge in [0.25, 0.3) is 11.8 Å². The number of rotatable bonds is 0. The predicted octanol–water partition coefficient (Wildman–Crippen LogP) is 1.12. The number of aryl methyl sites for hydroxylation is 1. The lowest BCUT2D eigenvalue weighted by Gasteiger charge is -2.42. The third-order valence-corrected chi connectivity index (χ3v) is 5.59. The zero-order valence-corrected chi connectivity index (χ0v) is 15.6. The monoisotopic (exact) mass is 378 g/mol. The van der Waals surface area contributed by atoms with Crippen molar-refractivity contribution in [2.45, 2.75) is 19.4 Å². The summed E-state index contributed by atoms with van der Waals surface area (Å²) in [5.74, 6) is 0.553.